The number of halogens is 1. The molecule has 0 bridgehead atoms. The van der Waals surface area contributed by atoms with Gasteiger partial charge in [-0.05, 0) is 53.2 Å². The lowest BCUT2D eigenvalue weighted by Gasteiger charge is -2.17. The molecule has 20 heavy (non-hydrogen) atoms. The van der Waals surface area contributed by atoms with Crippen LogP contribution in [0.15, 0.2) is 39.2 Å². The SMILES string of the molecule is COc1ccc(Br)c(C(=O)N(C)Cc2ccc(C)o2)c1. The summed E-state index contributed by atoms with van der Waals surface area (Å²) < 4.78 is 11.4. The number of benzene rings is 1. The van der Waals surface area contributed by atoms with Crippen LogP contribution in [-0.2, 0) is 6.54 Å². The molecule has 0 spiro atoms. The molecule has 0 saturated heterocycles. The molecule has 0 aliphatic carbocycles. The first-order valence-corrected chi connectivity index (χ1v) is 6.95. The van der Waals surface area contributed by atoms with Crippen LogP contribution in [0.1, 0.15) is 21.9 Å². The lowest BCUT2D eigenvalue weighted by Crippen LogP contribution is -2.26. The number of carbonyl (C=O) groups excluding carboxylic acids is 1. The number of amides is 1. The first-order valence-electron chi connectivity index (χ1n) is 6.15. The maximum absolute atomic E-state index is 12.4. The van der Waals surface area contributed by atoms with Gasteiger partial charge in [-0.2, -0.15) is 0 Å². The molecule has 0 aliphatic heterocycles. The van der Waals surface area contributed by atoms with Crippen LogP contribution >= 0.6 is 15.9 Å². The fraction of sp³-hybridized carbons (Fsp3) is 0.267. The van der Waals surface area contributed by atoms with E-state index in [0.717, 1.165) is 16.0 Å². The zero-order valence-electron chi connectivity index (χ0n) is 11.6. The van der Waals surface area contributed by atoms with Gasteiger partial charge in [0.2, 0.25) is 0 Å². The van der Waals surface area contributed by atoms with Gasteiger partial charge in [0, 0.05) is 11.5 Å². The van der Waals surface area contributed by atoms with E-state index in [-0.39, 0.29) is 5.91 Å². The molecule has 0 aliphatic rings. The Kier molecular flexibility index (Phi) is 4.49. The van der Waals surface area contributed by atoms with Gasteiger partial charge >= 0.3 is 0 Å². The van der Waals surface area contributed by atoms with Crippen LogP contribution in [0.4, 0.5) is 0 Å². The van der Waals surface area contributed by atoms with Crippen LogP contribution in [0.5, 0.6) is 5.75 Å². The summed E-state index contributed by atoms with van der Waals surface area (Å²) in [5.41, 5.74) is 0.565. The van der Waals surface area contributed by atoms with E-state index in [0.29, 0.717) is 17.9 Å². The standard InChI is InChI=1S/C15H16BrNO3/c1-10-4-5-12(20-10)9-17(2)15(18)13-8-11(19-3)6-7-14(13)16/h4-8H,9H2,1-3H3. The maximum atomic E-state index is 12.4. The second-order valence-corrected chi connectivity index (χ2v) is 5.37. The van der Waals surface area contributed by atoms with Crippen molar-refractivity contribution in [3.8, 4) is 5.75 Å². The normalized spacial score (nSPS) is 10.4. The molecular formula is C15H16BrNO3. The van der Waals surface area contributed by atoms with Crippen LogP contribution in [0.25, 0.3) is 0 Å². The van der Waals surface area contributed by atoms with Crippen molar-refractivity contribution in [3.05, 3.63) is 51.9 Å². The minimum absolute atomic E-state index is 0.0928. The Hall–Kier alpha value is -1.75. The van der Waals surface area contributed by atoms with Crippen LogP contribution in [0, 0.1) is 6.92 Å². The number of ether oxygens (including phenoxy) is 1. The third-order valence-electron chi connectivity index (χ3n) is 2.94. The van der Waals surface area contributed by atoms with Crippen molar-refractivity contribution >= 4 is 21.8 Å². The van der Waals surface area contributed by atoms with Gasteiger partial charge in [0.05, 0.1) is 19.2 Å². The second-order valence-electron chi connectivity index (χ2n) is 4.52. The van der Waals surface area contributed by atoms with Crippen molar-refractivity contribution in [3.63, 3.8) is 0 Å². The summed E-state index contributed by atoms with van der Waals surface area (Å²) in [5, 5.41) is 0. The van der Waals surface area contributed by atoms with E-state index >= 15 is 0 Å². The number of furan rings is 1. The summed E-state index contributed by atoms with van der Waals surface area (Å²) in [6, 6.07) is 9.08. The molecule has 0 atom stereocenters. The molecule has 0 N–H and O–H groups in total. The average molecular weight is 338 g/mol. The van der Waals surface area contributed by atoms with Crippen LogP contribution in [0.3, 0.4) is 0 Å². The van der Waals surface area contributed by atoms with Gasteiger partial charge in [-0.3, -0.25) is 4.79 Å². The number of rotatable bonds is 4. The lowest BCUT2D eigenvalue weighted by atomic mass is 10.2. The molecule has 0 fully saturated rings. The second kappa shape index (κ2) is 6.13. The van der Waals surface area contributed by atoms with Crippen molar-refractivity contribution in [1.82, 2.24) is 4.90 Å². The Morgan fingerprint density at radius 1 is 1.35 bits per heavy atom. The molecule has 4 nitrogen and oxygen atoms in total. The molecule has 2 aromatic rings. The maximum Gasteiger partial charge on any atom is 0.255 e. The largest absolute Gasteiger partial charge is 0.497 e. The molecular weight excluding hydrogens is 322 g/mol. The summed E-state index contributed by atoms with van der Waals surface area (Å²) in [4.78, 5) is 14.1. The van der Waals surface area contributed by atoms with E-state index < -0.39 is 0 Å². The Morgan fingerprint density at radius 2 is 2.10 bits per heavy atom. The van der Waals surface area contributed by atoms with E-state index in [1.807, 2.05) is 19.1 Å². The predicted octanol–water partition coefficient (Wildman–Crippen LogP) is 3.63. The Morgan fingerprint density at radius 3 is 2.70 bits per heavy atom. The summed E-state index contributed by atoms with van der Waals surface area (Å²) in [6.45, 7) is 2.31. The van der Waals surface area contributed by atoms with Gasteiger partial charge in [0.15, 0.2) is 0 Å². The van der Waals surface area contributed by atoms with Crippen LogP contribution in [0.2, 0.25) is 0 Å². The first kappa shape index (κ1) is 14.7. The highest BCUT2D eigenvalue weighted by atomic mass is 79.9. The van der Waals surface area contributed by atoms with Crippen molar-refractivity contribution in [1.29, 1.82) is 0 Å². The van der Waals surface area contributed by atoms with Gasteiger partial charge in [-0.1, -0.05) is 0 Å². The lowest BCUT2D eigenvalue weighted by molar-refractivity contribution is 0.0773. The molecule has 1 aromatic heterocycles. The number of hydrogen-bond acceptors (Lipinski definition) is 3. The average Bonchev–Trinajstić information content (AvgIpc) is 2.84. The monoisotopic (exact) mass is 337 g/mol. The topological polar surface area (TPSA) is 42.7 Å². The highest BCUT2D eigenvalue weighted by molar-refractivity contribution is 9.10. The number of carbonyl (C=O) groups is 1. The van der Waals surface area contributed by atoms with Gasteiger partial charge in [-0.25, -0.2) is 0 Å². The Labute approximate surface area is 126 Å². The summed E-state index contributed by atoms with van der Waals surface area (Å²) >= 11 is 3.39. The number of hydrogen-bond donors (Lipinski definition) is 0. The van der Waals surface area contributed by atoms with E-state index in [1.165, 1.54) is 0 Å². The summed E-state index contributed by atoms with van der Waals surface area (Å²) in [5.74, 6) is 2.16. The molecule has 2 rings (SSSR count). The fourth-order valence-electron chi connectivity index (χ4n) is 1.88. The van der Waals surface area contributed by atoms with E-state index in [9.17, 15) is 4.79 Å². The Balaban J connectivity index is 2.17. The van der Waals surface area contributed by atoms with Crippen molar-refractivity contribution < 1.29 is 13.9 Å². The predicted molar refractivity (Wildman–Crippen MR) is 79.9 cm³/mol. The highest BCUT2D eigenvalue weighted by Crippen LogP contribution is 2.24. The van der Waals surface area contributed by atoms with E-state index in [1.54, 1.807) is 37.3 Å². The van der Waals surface area contributed by atoms with Crippen molar-refractivity contribution in [2.24, 2.45) is 0 Å². The molecule has 0 unspecified atom stereocenters. The summed E-state index contributed by atoms with van der Waals surface area (Å²) in [7, 11) is 3.32. The van der Waals surface area contributed by atoms with Gasteiger partial charge in [0.1, 0.15) is 17.3 Å². The molecule has 1 amide bonds. The zero-order chi connectivity index (χ0) is 14.7. The van der Waals surface area contributed by atoms with Crippen molar-refractivity contribution in [2.75, 3.05) is 14.2 Å². The third-order valence-corrected chi connectivity index (χ3v) is 3.63. The van der Waals surface area contributed by atoms with E-state index in [4.69, 9.17) is 9.15 Å². The summed E-state index contributed by atoms with van der Waals surface area (Å²) in [6.07, 6.45) is 0. The molecule has 0 saturated carbocycles. The van der Waals surface area contributed by atoms with Crippen LogP contribution in [-0.4, -0.2) is 25.0 Å². The fourth-order valence-corrected chi connectivity index (χ4v) is 2.29. The highest BCUT2D eigenvalue weighted by Gasteiger charge is 2.17. The molecule has 1 heterocycles. The van der Waals surface area contributed by atoms with Crippen LogP contribution < -0.4 is 4.74 Å². The zero-order valence-corrected chi connectivity index (χ0v) is 13.2. The number of nitrogens with zero attached hydrogens (tertiary/aromatic N) is 1. The minimum Gasteiger partial charge on any atom is -0.497 e. The van der Waals surface area contributed by atoms with Gasteiger partial charge in [-0.15, -0.1) is 0 Å². The first-order chi connectivity index (χ1) is 9.51. The quantitative estimate of drug-likeness (QED) is 0.855. The Bertz CT molecular complexity index is 621. The molecule has 0 radical (unpaired) electrons. The van der Waals surface area contributed by atoms with Crippen molar-refractivity contribution in [2.45, 2.75) is 13.5 Å². The van der Waals surface area contributed by atoms with Gasteiger partial charge < -0.3 is 14.1 Å². The smallest absolute Gasteiger partial charge is 0.255 e. The number of aryl methyl sites for hydroxylation is 1. The third kappa shape index (κ3) is 3.22. The van der Waals surface area contributed by atoms with Gasteiger partial charge in [0.25, 0.3) is 5.91 Å². The molecule has 106 valence electrons. The minimum atomic E-state index is -0.0928. The number of methoxy groups -OCH3 is 1. The molecule has 1 aromatic carbocycles. The van der Waals surface area contributed by atoms with E-state index in [2.05, 4.69) is 15.9 Å². The molecule has 5 heteroatoms.